The number of hydrogen-bond acceptors (Lipinski definition) is 3. The largest absolute Gasteiger partial charge is 0.455 e. The fourth-order valence-electron chi connectivity index (χ4n) is 2.05. The lowest BCUT2D eigenvalue weighted by atomic mass is 10.1. The summed E-state index contributed by atoms with van der Waals surface area (Å²) >= 11 is 0. The Morgan fingerprint density at radius 3 is 2.74 bits per heavy atom. The maximum absolute atomic E-state index is 13.5. The molecule has 0 aliphatic rings. The molecule has 0 aliphatic carbocycles. The summed E-state index contributed by atoms with van der Waals surface area (Å²) in [5, 5.41) is 10.8. The summed E-state index contributed by atoms with van der Waals surface area (Å²) in [6.07, 6.45) is 2.94. The first-order chi connectivity index (χ1) is 9.24. The number of benzene rings is 1. The van der Waals surface area contributed by atoms with Crippen molar-refractivity contribution >= 4 is 11.0 Å². The highest BCUT2D eigenvalue weighted by molar-refractivity contribution is 5.78. The van der Waals surface area contributed by atoms with E-state index in [0.29, 0.717) is 17.6 Å². The highest BCUT2D eigenvalue weighted by atomic mass is 19.1. The van der Waals surface area contributed by atoms with Gasteiger partial charge in [0.25, 0.3) is 0 Å². The Hall–Kier alpha value is -2.20. The minimum atomic E-state index is -0.797. The first-order valence-corrected chi connectivity index (χ1v) is 5.99. The molecule has 1 atom stereocenters. The fourth-order valence-corrected chi connectivity index (χ4v) is 2.05. The van der Waals surface area contributed by atoms with Crippen LogP contribution in [0.15, 0.2) is 53.2 Å². The molecular formula is C15H12FNO2. The number of para-hydroxylation sites is 1. The average Bonchev–Trinajstić information content (AvgIpc) is 2.85. The summed E-state index contributed by atoms with van der Waals surface area (Å²) in [4.78, 5) is 3.92. The molecule has 3 aromatic rings. The SMILES string of the molecule is OC(Cc1ccncc1)c1cc2cccc(F)c2o1. The molecule has 19 heavy (non-hydrogen) atoms. The van der Waals surface area contributed by atoms with E-state index >= 15 is 0 Å². The molecule has 0 radical (unpaired) electrons. The molecule has 1 unspecified atom stereocenters. The van der Waals surface area contributed by atoms with E-state index in [2.05, 4.69) is 4.98 Å². The monoisotopic (exact) mass is 257 g/mol. The molecule has 0 bridgehead atoms. The van der Waals surface area contributed by atoms with Crippen molar-refractivity contribution in [3.8, 4) is 0 Å². The first kappa shape index (κ1) is 11.9. The van der Waals surface area contributed by atoms with Gasteiger partial charge in [-0.3, -0.25) is 4.98 Å². The number of nitrogens with zero attached hydrogens (tertiary/aromatic N) is 1. The van der Waals surface area contributed by atoms with Crippen LogP contribution in [0.5, 0.6) is 0 Å². The zero-order valence-corrected chi connectivity index (χ0v) is 10.1. The van der Waals surface area contributed by atoms with Crippen LogP contribution < -0.4 is 0 Å². The van der Waals surface area contributed by atoms with Gasteiger partial charge in [0, 0.05) is 24.2 Å². The summed E-state index contributed by atoms with van der Waals surface area (Å²) in [5.74, 6) is -0.0447. The number of rotatable bonds is 3. The van der Waals surface area contributed by atoms with E-state index in [1.165, 1.54) is 6.07 Å². The Kier molecular flexibility index (Phi) is 3.01. The molecule has 96 valence electrons. The molecule has 0 aliphatic heterocycles. The van der Waals surface area contributed by atoms with Crippen LogP contribution in [-0.4, -0.2) is 10.1 Å². The molecule has 1 aromatic carbocycles. The minimum absolute atomic E-state index is 0.186. The Morgan fingerprint density at radius 1 is 1.21 bits per heavy atom. The van der Waals surface area contributed by atoms with E-state index in [0.717, 1.165) is 5.56 Å². The number of fused-ring (bicyclic) bond motifs is 1. The second-order valence-electron chi connectivity index (χ2n) is 4.38. The zero-order valence-electron chi connectivity index (χ0n) is 10.1. The molecule has 0 saturated carbocycles. The Morgan fingerprint density at radius 2 is 2.00 bits per heavy atom. The van der Waals surface area contributed by atoms with Crippen molar-refractivity contribution in [2.24, 2.45) is 0 Å². The molecule has 0 fully saturated rings. The van der Waals surface area contributed by atoms with Gasteiger partial charge in [-0.05, 0) is 29.8 Å². The molecule has 2 aromatic heterocycles. The molecule has 3 rings (SSSR count). The van der Waals surface area contributed by atoms with Crippen LogP contribution in [0.4, 0.5) is 4.39 Å². The van der Waals surface area contributed by atoms with Crippen LogP contribution in [-0.2, 0) is 6.42 Å². The van der Waals surface area contributed by atoms with Gasteiger partial charge in [0.05, 0.1) is 0 Å². The first-order valence-electron chi connectivity index (χ1n) is 5.99. The van der Waals surface area contributed by atoms with Gasteiger partial charge >= 0.3 is 0 Å². The standard InChI is InChI=1S/C15H12FNO2/c16-12-3-1-2-11-9-14(19-15(11)12)13(18)8-10-4-6-17-7-5-10/h1-7,9,13,18H,8H2. The summed E-state index contributed by atoms with van der Waals surface area (Å²) in [7, 11) is 0. The van der Waals surface area contributed by atoms with Crippen molar-refractivity contribution in [2.75, 3.05) is 0 Å². The molecule has 0 spiro atoms. The lowest BCUT2D eigenvalue weighted by Crippen LogP contribution is -2.00. The summed E-state index contributed by atoms with van der Waals surface area (Å²) in [6, 6.07) is 10.0. The Balaban J connectivity index is 1.89. The number of pyridine rings is 1. The number of hydrogen-bond donors (Lipinski definition) is 1. The second-order valence-corrected chi connectivity index (χ2v) is 4.38. The molecule has 1 N–H and O–H groups in total. The third-order valence-corrected chi connectivity index (χ3v) is 3.02. The van der Waals surface area contributed by atoms with Gasteiger partial charge in [0.2, 0.25) is 0 Å². The summed E-state index contributed by atoms with van der Waals surface area (Å²) < 4.78 is 18.9. The highest BCUT2D eigenvalue weighted by Gasteiger charge is 2.15. The lowest BCUT2D eigenvalue weighted by Gasteiger charge is -2.06. The van der Waals surface area contributed by atoms with Crippen molar-refractivity contribution < 1.29 is 13.9 Å². The van der Waals surface area contributed by atoms with Crippen molar-refractivity contribution in [1.82, 2.24) is 4.98 Å². The topological polar surface area (TPSA) is 46.3 Å². The van der Waals surface area contributed by atoms with E-state index < -0.39 is 11.9 Å². The zero-order chi connectivity index (χ0) is 13.2. The summed E-state index contributed by atoms with van der Waals surface area (Å²) in [6.45, 7) is 0. The van der Waals surface area contributed by atoms with Crippen LogP contribution in [0.2, 0.25) is 0 Å². The van der Waals surface area contributed by atoms with Crippen LogP contribution in [0, 0.1) is 5.82 Å². The predicted octanol–water partition coefficient (Wildman–Crippen LogP) is 3.24. The van der Waals surface area contributed by atoms with Gasteiger partial charge in [-0.1, -0.05) is 12.1 Å². The van der Waals surface area contributed by atoms with Crippen molar-refractivity contribution in [1.29, 1.82) is 0 Å². The van der Waals surface area contributed by atoms with Gasteiger partial charge in [-0.15, -0.1) is 0 Å². The molecule has 2 heterocycles. The fraction of sp³-hybridized carbons (Fsp3) is 0.133. The number of aliphatic hydroxyl groups is 1. The Bertz CT molecular complexity index is 694. The van der Waals surface area contributed by atoms with E-state index in [9.17, 15) is 9.50 Å². The van der Waals surface area contributed by atoms with Crippen LogP contribution in [0.1, 0.15) is 17.4 Å². The van der Waals surface area contributed by atoms with Gasteiger partial charge in [-0.25, -0.2) is 4.39 Å². The normalized spacial score (nSPS) is 12.7. The summed E-state index contributed by atoms with van der Waals surface area (Å²) in [5.41, 5.74) is 1.13. The molecule has 0 amide bonds. The smallest absolute Gasteiger partial charge is 0.170 e. The number of furan rings is 1. The van der Waals surface area contributed by atoms with E-state index in [1.807, 2.05) is 12.1 Å². The van der Waals surface area contributed by atoms with Gasteiger partial charge in [-0.2, -0.15) is 0 Å². The highest BCUT2D eigenvalue weighted by Crippen LogP contribution is 2.27. The molecule has 0 saturated heterocycles. The van der Waals surface area contributed by atoms with Crippen molar-refractivity contribution in [3.63, 3.8) is 0 Å². The lowest BCUT2D eigenvalue weighted by molar-refractivity contribution is 0.152. The molecule has 3 nitrogen and oxygen atoms in total. The third kappa shape index (κ3) is 2.35. The van der Waals surface area contributed by atoms with Gasteiger partial charge < -0.3 is 9.52 Å². The number of aromatic nitrogens is 1. The Labute approximate surface area is 109 Å². The van der Waals surface area contributed by atoms with E-state index in [4.69, 9.17) is 4.42 Å². The maximum atomic E-state index is 13.5. The van der Waals surface area contributed by atoms with Crippen molar-refractivity contribution in [3.05, 3.63) is 65.9 Å². The van der Waals surface area contributed by atoms with Crippen molar-refractivity contribution in [2.45, 2.75) is 12.5 Å². The minimum Gasteiger partial charge on any atom is -0.455 e. The van der Waals surface area contributed by atoms with E-state index in [1.54, 1.807) is 30.6 Å². The van der Waals surface area contributed by atoms with Crippen LogP contribution in [0.3, 0.4) is 0 Å². The second kappa shape index (κ2) is 4.82. The number of halogens is 1. The van der Waals surface area contributed by atoms with E-state index in [-0.39, 0.29) is 5.58 Å². The van der Waals surface area contributed by atoms with Crippen LogP contribution >= 0.6 is 0 Å². The van der Waals surface area contributed by atoms with Gasteiger partial charge in [0.15, 0.2) is 11.4 Å². The predicted molar refractivity (Wildman–Crippen MR) is 69.1 cm³/mol. The number of aliphatic hydroxyl groups excluding tert-OH is 1. The van der Waals surface area contributed by atoms with Crippen LogP contribution in [0.25, 0.3) is 11.0 Å². The quantitative estimate of drug-likeness (QED) is 0.783. The van der Waals surface area contributed by atoms with Gasteiger partial charge in [0.1, 0.15) is 11.9 Å². The molecular weight excluding hydrogens is 245 g/mol. The molecule has 4 heteroatoms. The third-order valence-electron chi connectivity index (χ3n) is 3.02. The average molecular weight is 257 g/mol. The maximum Gasteiger partial charge on any atom is 0.170 e.